The smallest absolute Gasteiger partial charge is 0.159 e. The molecule has 0 atom stereocenters. The summed E-state index contributed by atoms with van der Waals surface area (Å²) in [5, 5.41) is 14.5. The summed E-state index contributed by atoms with van der Waals surface area (Å²) in [4.78, 5) is 2.40. The van der Waals surface area contributed by atoms with Crippen molar-refractivity contribution < 1.29 is 4.74 Å². The highest BCUT2D eigenvalue weighted by Crippen LogP contribution is 2.53. The molecule has 2 heterocycles. The Balaban J connectivity index is 1.14. The zero-order valence-electron chi connectivity index (χ0n) is 37.4. The standard InChI is InChI=1S/C66H41NOS/c1-2-17-42(18-3-1)43-33-35-44(36-34-43)67(62-30-16-29-57-52-25-10-9-24-51(52)55-27-12-14-31-63(55)68-66(57)62)45-37-38-54-50-23-7-6-21-48(50)46-19-4-5-20-47(46)49-22-8-11-26-53(49)60-41-65-61(40-59(60)58(54)39-45)56-28-13-15-32-64(56)69-65/h1-41H. The van der Waals surface area contributed by atoms with E-state index in [1.165, 1.54) is 74.2 Å². The van der Waals surface area contributed by atoms with Gasteiger partial charge in [-0.2, -0.15) is 0 Å². The first-order valence-corrected chi connectivity index (χ1v) is 24.4. The van der Waals surface area contributed by atoms with Crippen molar-refractivity contribution >= 4 is 102 Å². The van der Waals surface area contributed by atoms with Crippen LogP contribution in [0.2, 0.25) is 0 Å². The fourth-order valence-electron chi connectivity index (χ4n) is 10.9. The topological polar surface area (TPSA) is 12.5 Å². The van der Waals surface area contributed by atoms with E-state index in [1.54, 1.807) is 0 Å². The van der Waals surface area contributed by atoms with Gasteiger partial charge in [-0.25, -0.2) is 0 Å². The highest BCUT2D eigenvalue weighted by Gasteiger charge is 2.27. The summed E-state index contributed by atoms with van der Waals surface area (Å²) in [6.07, 6.45) is 0. The van der Waals surface area contributed by atoms with Gasteiger partial charge in [-0.1, -0.05) is 194 Å². The number of ether oxygens (including phenoxy) is 1. The van der Waals surface area contributed by atoms with Crippen LogP contribution >= 0.6 is 11.3 Å². The summed E-state index contributed by atoms with van der Waals surface area (Å²) in [5.41, 5.74) is 9.75. The van der Waals surface area contributed by atoms with Crippen LogP contribution in [0, 0.1) is 0 Å². The van der Waals surface area contributed by atoms with Crippen LogP contribution in [0.15, 0.2) is 249 Å². The van der Waals surface area contributed by atoms with E-state index < -0.39 is 0 Å². The van der Waals surface area contributed by atoms with Crippen LogP contribution in [0.3, 0.4) is 0 Å². The van der Waals surface area contributed by atoms with E-state index in [9.17, 15) is 0 Å². The molecular weight excluding hydrogens is 855 g/mol. The maximum Gasteiger partial charge on any atom is 0.159 e. The van der Waals surface area contributed by atoms with Crippen molar-refractivity contribution in [2.75, 3.05) is 4.90 Å². The number of hydrogen-bond donors (Lipinski definition) is 0. The zero-order valence-corrected chi connectivity index (χ0v) is 38.3. The van der Waals surface area contributed by atoms with Gasteiger partial charge >= 0.3 is 0 Å². The third-order valence-corrected chi connectivity index (χ3v) is 15.2. The molecule has 12 aromatic carbocycles. The molecule has 0 N–H and O–H groups in total. The molecule has 2 nitrogen and oxygen atoms in total. The number of anilines is 3. The number of thiophene rings is 1. The number of fused-ring (bicyclic) bond motifs is 18. The van der Waals surface area contributed by atoms with E-state index >= 15 is 0 Å². The molecule has 0 aliphatic carbocycles. The molecule has 0 unspecified atom stereocenters. The van der Waals surface area contributed by atoms with Crippen molar-refractivity contribution in [1.82, 2.24) is 0 Å². The highest BCUT2D eigenvalue weighted by atomic mass is 32.1. The number of rotatable bonds is 4. The fraction of sp³-hybridized carbons (Fsp3) is 0. The van der Waals surface area contributed by atoms with Crippen LogP contribution in [0.1, 0.15) is 0 Å². The van der Waals surface area contributed by atoms with Gasteiger partial charge in [0.1, 0.15) is 5.75 Å². The van der Waals surface area contributed by atoms with Crippen LogP contribution in [0.4, 0.5) is 17.1 Å². The van der Waals surface area contributed by atoms with Crippen LogP contribution in [0.5, 0.6) is 11.5 Å². The number of nitrogens with zero attached hydrogens (tertiary/aromatic N) is 1. The lowest BCUT2D eigenvalue weighted by atomic mass is 9.93. The Bertz CT molecular complexity index is 4280. The molecule has 1 aliphatic rings. The van der Waals surface area contributed by atoms with Crippen molar-refractivity contribution in [2.45, 2.75) is 0 Å². The minimum absolute atomic E-state index is 0.810. The molecule has 322 valence electrons. The Morgan fingerprint density at radius 2 is 0.754 bits per heavy atom. The molecule has 13 aromatic rings. The van der Waals surface area contributed by atoms with Crippen LogP contribution in [-0.4, -0.2) is 0 Å². The highest BCUT2D eigenvalue weighted by molar-refractivity contribution is 7.25. The van der Waals surface area contributed by atoms with Crippen LogP contribution in [0.25, 0.3) is 107 Å². The Kier molecular flexibility index (Phi) is 9.11. The summed E-state index contributed by atoms with van der Waals surface area (Å²) >= 11 is 1.87. The van der Waals surface area contributed by atoms with Gasteiger partial charge in [0.15, 0.2) is 5.75 Å². The Morgan fingerprint density at radius 3 is 1.43 bits per heavy atom. The molecule has 0 radical (unpaired) electrons. The fourth-order valence-corrected chi connectivity index (χ4v) is 12.1. The summed E-state index contributed by atoms with van der Waals surface area (Å²) in [5.74, 6) is 1.64. The molecule has 0 amide bonds. The van der Waals surface area contributed by atoms with E-state index in [0.29, 0.717) is 0 Å². The first-order chi connectivity index (χ1) is 34.2. The molecule has 69 heavy (non-hydrogen) atoms. The molecular formula is C66H41NOS. The Hall–Kier alpha value is -8.76. The lowest BCUT2D eigenvalue weighted by molar-refractivity contribution is 0.489. The van der Waals surface area contributed by atoms with E-state index in [4.69, 9.17) is 4.74 Å². The Labute approximate surface area is 403 Å². The van der Waals surface area contributed by atoms with Crippen molar-refractivity contribution in [3.8, 4) is 44.9 Å². The summed E-state index contributed by atoms with van der Waals surface area (Å²) in [7, 11) is 0. The van der Waals surface area contributed by atoms with Crippen molar-refractivity contribution in [1.29, 1.82) is 0 Å². The predicted molar refractivity (Wildman–Crippen MR) is 296 cm³/mol. The van der Waals surface area contributed by atoms with Gasteiger partial charge in [0.25, 0.3) is 0 Å². The number of para-hydroxylation sites is 2. The van der Waals surface area contributed by atoms with Gasteiger partial charge in [-0.3, -0.25) is 0 Å². The summed E-state index contributed by atoms with van der Waals surface area (Å²) in [6, 6.07) is 91.0. The van der Waals surface area contributed by atoms with E-state index in [2.05, 4.69) is 254 Å². The first-order valence-electron chi connectivity index (χ1n) is 23.6. The second-order valence-corrected chi connectivity index (χ2v) is 19.0. The minimum Gasteiger partial charge on any atom is -0.454 e. The molecule has 1 aliphatic heterocycles. The van der Waals surface area contributed by atoms with Gasteiger partial charge in [0, 0.05) is 42.7 Å². The van der Waals surface area contributed by atoms with Crippen molar-refractivity contribution in [3.05, 3.63) is 249 Å². The van der Waals surface area contributed by atoms with Gasteiger partial charge in [0.2, 0.25) is 0 Å². The maximum atomic E-state index is 7.23. The molecule has 1 aromatic heterocycles. The van der Waals surface area contributed by atoms with E-state index in [0.717, 1.165) is 61.8 Å². The summed E-state index contributed by atoms with van der Waals surface area (Å²) < 4.78 is 9.79. The lowest BCUT2D eigenvalue weighted by Crippen LogP contribution is -2.11. The van der Waals surface area contributed by atoms with Crippen molar-refractivity contribution in [3.63, 3.8) is 0 Å². The molecule has 0 bridgehead atoms. The quantitative estimate of drug-likeness (QED) is 0.175. The maximum absolute atomic E-state index is 7.23. The number of benzene rings is 11. The average Bonchev–Trinajstić information content (AvgIpc) is 3.71. The molecule has 0 saturated carbocycles. The zero-order chi connectivity index (χ0) is 45.4. The number of hydrogen-bond acceptors (Lipinski definition) is 3. The van der Waals surface area contributed by atoms with Crippen molar-refractivity contribution in [2.24, 2.45) is 0 Å². The molecule has 0 fully saturated rings. The minimum atomic E-state index is 0.810. The van der Waals surface area contributed by atoms with Crippen LogP contribution in [-0.2, 0) is 0 Å². The average molecular weight is 896 g/mol. The third-order valence-electron chi connectivity index (χ3n) is 14.1. The largest absolute Gasteiger partial charge is 0.454 e. The van der Waals surface area contributed by atoms with Crippen LogP contribution < -0.4 is 9.64 Å². The van der Waals surface area contributed by atoms with E-state index in [-0.39, 0.29) is 0 Å². The van der Waals surface area contributed by atoms with E-state index in [1.807, 2.05) is 11.3 Å². The van der Waals surface area contributed by atoms with Gasteiger partial charge in [-0.05, 0) is 131 Å². The van der Waals surface area contributed by atoms with Gasteiger partial charge in [0.05, 0.1) is 5.69 Å². The first kappa shape index (κ1) is 39.4. The summed E-state index contributed by atoms with van der Waals surface area (Å²) in [6.45, 7) is 0. The molecule has 0 spiro atoms. The molecule has 0 saturated heterocycles. The normalized spacial score (nSPS) is 11.9. The predicted octanol–water partition coefficient (Wildman–Crippen LogP) is 19.5. The SMILES string of the molecule is c1ccc(-c2ccc(N(c3ccc4c5ccccc5c5ccccc5c5ccccc5c5cc6sc7ccccc7c6cc5c4c3)c3cccc4c3Oc3ccccc3-c3ccccc3-4)cc2)cc1. The lowest BCUT2D eigenvalue weighted by Gasteiger charge is -2.29. The Morgan fingerprint density at radius 1 is 0.275 bits per heavy atom. The van der Waals surface area contributed by atoms with Gasteiger partial charge in [-0.15, -0.1) is 11.3 Å². The molecule has 3 heteroatoms. The second kappa shape index (κ2) is 16.0. The monoisotopic (exact) mass is 895 g/mol. The second-order valence-electron chi connectivity index (χ2n) is 17.9. The van der Waals surface area contributed by atoms with Gasteiger partial charge < -0.3 is 9.64 Å². The molecule has 14 rings (SSSR count). The third kappa shape index (κ3) is 6.39.